The molecule has 0 amide bonds. The highest BCUT2D eigenvalue weighted by atomic mass is 32.1. The van der Waals surface area contributed by atoms with Crippen LogP contribution in [0.3, 0.4) is 0 Å². The number of anilines is 1. The van der Waals surface area contributed by atoms with Gasteiger partial charge < -0.3 is 10.5 Å². The van der Waals surface area contributed by atoms with Crippen LogP contribution in [0.25, 0.3) is 0 Å². The highest BCUT2D eigenvalue weighted by Gasteiger charge is 1.97. The number of hydrogen-bond donors (Lipinski definition) is 2. The predicted octanol–water partition coefficient (Wildman–Crippen LogP) is 1.95. The predicted molar refractivity (Wildman–Crippen MR) is 62.8 cm³/mol. The summed E-state index contributed by atoms with van der Waals surface area (Å²) in [5.41, 5.74) is 7.27. The summed E-state index contributed by atoms with van der Waals surface area (Å²) in [6.45, 7) is 0. The van der Waals surface area contributed by atoms with Gasteiger partial charge in [-0.05, 0) is 12.1 Å². The molecule has 0 aliphatic heterocycles. The zero-order chi connectivity index (χ0) is 10.4. The molecule has 0 atom stereocenters. The highest BCUT2D eigenvalue weighted by Crippen LogP contribution is 2.18. The van der Waals surface area contributed by atoms with Crippen molar-refractivity contribution in [2.75, 3.05) is 18.6 Å². The van der Waals surface area contributed by atoms with E-state index in [1.54, 1.807) is 13.2 Å². The van der Waals surface area contributed by atoms with Crippen molar-refractivity contribution in [1.82, 2.24) is 0 Å². The quantitative estimate of drug-likeness (QED) is 0.441. The van der Waals surface area contributed by atoms with Crippen molar-refractivity contribution in [2.45, 2.75) is 6.42 Å². The SMILES string of the molecule is COc1ccc(C#CCCS)c(N)c1. The molecule has 0 saturated carbocycles. The summed E-state index contributed by atoms with van der Waals surface area (Å²) in [4.78, 5) is 0. The number of ether oxygens (including phenoxy) is 1. The number of benzene rings is 1. The number of methoxy groups -OCH3 is 1. The maximum absolute atomic E-state index is 5.78. The summed E-state index contributed by atoms with van der Waals surface area (Å²) in [6.07, 6.45) is 0.772. The fourth-order valence-corrected chi connectivity index (χ4v) is 1.11. The topological polar surface area (TPSA) is 35.2 Å². The van der Waals surface area contributed by atoms with Crippen LogP contribution >= 0.6 is 12.6 Å². The molecule has 0 radical (unpaired) electrons. The van der Waals surface area contributed by atoms with Crippen LogP contribution < -0.4 is 10.5 Å². The van der Waals surface area contributed by atoms with Crippen LogP contribution in [0.15, 0.2) is 18.2 Å². The second-order valence-electron chi connectivity index (χ2n) is 2.73. The zero-order valence-electron chi connectivity index (χ0n) is 8.08. The van der Waals surface area contributed by atoms with Crippen molar-refractivity contribution in [2.24, 2.45) is 0 Å². The van der Waals surface area contributed by atoms with Crippen LogP contribution in [0, 0.1) is 11.8 Å². The standard InChI is InChI=1S/C11H13NOS/c1-13-10-6-5-9(11(12)8-10)4-2-3-7-14/h5-6,8,14H,3,7,12H2,1H3. The third-order valence-electron chi connectivity index (χ3n) is 1.72. The zero-order valence-corrected chi connectivity index (χ0v) is 8.97. The van der Waals surface area contributed by atoms with E-state index in [-0.39, 0.29) is 0 Å². The molecule has 1 rings (SSSR count). The first-order valence-corrected chi connectivity index (χ1v) is 4.94. The molecule has 0 fully saturated rings. The minimum absolute atomic E-state index is 0.649. The summed E-state index contributed by atoms with van der Waals surface area (Å²) in [7, 11) is 1.61. The van der Waals surface area contributed by atoms with Gasteiger partial charge in [0.2, 0.25) is 0 Å². The second kappa shape index (κ2) is 5.46. The van der Waals surface area contributed by atoms with Crippen LogP contribution in [-0.4, -0.2) is 12.9 Å². The van der Waals surface area contributed by atoms with E-state index in [9.17, 15) is 0 Å². The Morgan fingerprint density at radius 3 is 2.86 bits per heavy atom. The monoisotopic (exact) mass is 207 g/mol. The van der Waals surface area contributed by atoms with Crippen LogP contribution in [0.4, 0.5) is 5.69 Å². The van der Waals surface area contributed by atoms with Gasteiger partial charge in [0.1, 0.15) is 5.75 Å². The van der Waals surface area contributed by atoms with Gasteiger partial charge in [-0.25, -0.2) is 0 Å². The minimum atomic E-state index is 0.649. The van der Waals surface area contributed by atoms with E-state index in [2.05, 4.69) is 24.5 Å². The van der Waals surface area contributed by atoms with E-state index in [0.29, 0.717) is 5.69 Å². The fraction of sp³-hybridized carbons (Fsp3) is 0.273. The highest BCUT2D eigenvalue weighted by molar-refractivity contribution is 7.80. The number of nitrogens with two attached hydrogens (primary N) is 1. The Hall–Kier alpha value is -1.27. The van der Waals surface area contributed by atoms with Crippen LogP contribution in [0.5, 0.6) is 5.75 Å². The van der Waals surface area contributed by atoms with Gasteiger partial charge in [-0.1, -0.05) is 11.8 Å². The molecular formula is C11H13NOS. The molecule has 1 aromatic rings. The molecule has 0 saturated heterocycles. The van der Waals surface area contributed by atoms with E-state index in [1.807, 2.05) is 12.1 Å². The molecule has 3 heteroatoms. The summed E-state index contributed by atoms with van der Waals surface area (Å²) in [5, 5.41) is 0. The first kappa shape index (κ1) is 10.8. The number of rotatable bonds is 2. The van der Waals surface area contributed by atoms with Gasteiger partial charge in [0, 0.05) is 23.8 Å². The number of thiol groups is 1. The molecule has 0 unspecified atom stereocenters. The van der Waals surface area contributed by atoms with E-state index < -0.39 is 0 Å². The normalized spacial score (nSPS) is 9.00. The lowest BCUT2D eigenvalue weighted by Gasteiger charge is -2.02. The lowest BCUT2D eigenvalue weighted by atomic mass is 10.2. The summed E-state index contributed by atoms with van der Waals surface area (Å²) in [5.74, 6) is 7.49. The summed E-state index contributed by atoms with van der Waals surface area (Å²) < 4.78 is 5.04. The van der Waals surface area contributed by atoms with Crippen molar-refractivity contribution in [3.05, 3.63) is 23.8 Å². The lowest BCUT2D eigenvalue weighted by Crippen LogP contribution is -1.91. The molecule has 2 N–H and O–H groups in total. The molecule has 74 valence electrons. The minimum Gasteiger partial charge on any atom is -0.497 e. The molecule has 0 bridgehead atoms. The van der Waals surface area contributed by atoms with Crippen LogP contribution in [-0.2, 0) is 0 Å². The van der Waals surface area contributed by atoms with Gasteiger partial charge in [0.15, 0.2) is 0 Å². The molecule has 2 nitrogen and oxygen atoms in total. The maximum atomic E-state index is 5.78. The van der Waals surface area contributed by atoms with Gasteiger partial charge in [0.25, 0.3) is 0 Å². The molecule has 0 heterocycles. The van der Waals surface area contributed by atoms with Gasteiger partial charge >= 0.3 is 0 Å². The largest absolute Gasteiger partial charge is 0.497 e. The average molecular weight is 207 g/mol. The van der Waals surface area contributed by atoms with Gasteiger partial charge in [-0.3, -0.25) is 0 Å². The Bertz CT molecular complexity index is 365. The van der Waals surface area contributed by atoms with E-state index in [0.717, 1.165) is 23.5 Å². The smallest absolute Gasteiger partial charge is 0.121 e. The van der Waals surface area contributed by atoms with Crippen LogP contribution in [0.2, 0.25) is 0 Å². The lowest BCUT2D eigenvalue weighted by molar-refractivity contribution is 0.415. The summed E-state index contributed by atoms with van der Waals surface area (Å²) >= 11 is 4.07. The molecule has 14 heavy (non-hydrogen) atoms. The van der Waals surface area contributed by atoms with Crippen LogP contribution in [0.1, 0.15) is 12.0 Å². The van der Waals surface area contributed by atoms with Crippen molar-refractivity contribution in [3.8, 4) is 17.6 Å². The number of hydrogen-bond acceptors (Lipinski definition) is 3. The van der Waals surface area contributed by atoms with Gasteiger partial charge in [0.05, 0.1) is 12.8 Å². The Kier molecular flexibility index (Phi) is 4.21. The van der Waals surface area contributed by atoms with Crippen molar-refractivity contribution < 1.29 is 4.74 Å². The van der Waals surface area contributed by atoms with Gasteiger partial charge in [-0.2, -0.15) is 12.6 Å². The Morgan fingerprint density at radius 2 is 2.29 bits per heavy atom. The fourth-order valence-electron chi connectivity index (χ4n) is 0.995. The average Bonchev–Trinajstić information content (AvgIpc) is 2.20. The molecule has 0 aliphatic rings. The molecule has 1 aromatic carbocycles. The molecule has 0 spiro atoms. The third kappa shape index (κ3) is 2.90. The molecular weight excluding hydrogens is 194 g/mol. The first-order chi connectivity index (χ1) is 6.77. The Balaban J connectivity index is 2.85. The van der Waals surface area contributed by atoms with Crippen molar-refractivity contribution in [1.29, 1.82) is 0 Å². The summed E-state index contributed by atoms with van der Waals surface area (Å²) in [6, 6.07) is 5.48. The maximum Gasteiger partial charge on any atom is 0.121 e. The van der Waals surface area contributed by atoms with E-state index in [4.69, 9.17) is 10.5 Å². The molecule has 0 aliphatic carbocycles. The second-order valence-corrected chi connectivity index (χ2v) is 3.18. The number of nitrogen functional groups attached to an aromatic ring is 1. The van der Waals surface area contributed by atoms with E-state index >= 15 is 0 Å². The first-order valence-electron chi connectivity index (χ1n) is 4.31. The van der Waals surface area contributed by atoms with Crippen molar-refractivity contribution in [3.63, 3.8) is 0 Å². The third-order valence-corrected chi connectivity index (χ3v) is 1.94. The Morgan fingerprint density at radius 1 is 1.50 bits per heavy atom. The van der Waals surface area contributed by atoms with E-state index in [1.165, 1.54) is 0 Å². The van der Waals surface area contributed by atoms with Gasteiger partial charge in [-0.15, -0.1) is 0 Å². The molecule has 0 aromatic heterocycles. The Labute approximate surface area is 89.9 Å². The van der Waals surface area contributed by atoms with Crippen molar-refractivity contribution >= 4 is 18.3 Å².